The molecule has 6 nitrogen and oxygen atoms in total. The molecule has 6 heteroatoms. The zero-order valence-corrected chi connectivity index (χ0v) is 13.3. The highest BCUT2D eigenvalue weighted by Crippen LogP contribution is 2.27. The summed E-state index contributed by atoms with van der Waals surface area (Å²) in [6.45, 7) is 1.23. The van der Waals surface area contributed by atoms with Crippen molar-refractivity contribution in [2.24, 2.45) is 0 Å². The smallest absolute Gasteiger partial charge is 0.234 e. The van der Waals surface area contributed by atoms with E-state index in [9.17, 15) is 4.79 Å². The van der Waals surface area contributed by atoms with Gasteiger partial charge in [-0.05, 0) is 29.8 Å². The maximum Gasteiger partial charge on any atom is 0.234 e. The van der Waals surface area contributed by atoms with Crippen molar-refractivity contribution >= 4 is 5.91 Å². The Balaban J connectivity index is 1.75. The van der Waals surface area contributed by atoms with Gasteiger partial charge in [-0.2, -0.15) is 0 Å². The van der Waals surface area contributed by atoms with Crippen LogP contribution in [-0.4, -0.2) is 31.7 Å². The maximum atomic E-state index is 11.8. The van der Waals surface area contributed by atoms with E-state index in [0.29, 0.717) is 24.6 Å². The second-order valence-electron chi connectivity index (χ2n) is 4.89. The minimum Gasteiger partial charge on any atom is -0.493 e. The third kappa shape index (κ3) is 5.27. The van der Waals surface area contributed by atoms with Gasteiger partial charge in [0.25, 0.3) is 0 Å². The number of ether oxygens (including phenoxy) is 2. The number of amides is 1. The van der Waals surface area contributed by atoms with E-state index >= 15 is 0 Å². The Morgan fingerprint density at radius 3 is 2.61 bits per heavy atom. The first-order valence-electron chi connectivity index (χ1n) is 7.31. The lowest BCUT2D eigenvalue weighted by Crippen LogP contribution is -2.33. The number of nitrogens with zero attached hydrogens (tertiary/aromatic N) is 1. The van der Waals surface area contributed by atoms with Crippen molar-refractivity contribution in [2.75, 3.05) is 20.8 Å². The van der Waals surface area contributed by atoms with Crippen molar-refractivity contribution < 1.29 is 14.3 Å². The standard InChI is InChI=1S/C17H21N3O3/c1-22-15-7-6-13(9-16(15)23-2)10-18-12-17(21)20-11-14-5-3-4-8-19-14/h3-9,18H,10-12H2,1-2H3,(H,20,21). The zero-order valence-electron chi connectivity index (χ0n) is 13.3. The highest BCUT2D eigenvalue weighted by atomic mass is 16.5. The van der Waals surface area contributed by atoms with Crippen LogP contribution in [0.15, 0.2) is 42.6 Å². The first kappa shape index (κ1) is 16.8. The van der Waals surface area contributed by atoms with Crippen molar-refractivity contribution in [3.8, 4) is 11.5 Å². The molecule has 0 radical (unpaired) electrons. The molecule has 2 aromatic rings. The predicted molar refractivity (Wildman–Crippen MR) is 87.3 cm³/mol. The topological polar surface area (TPSA) is 72.5 Å². The molecule has 0 saturated carbocycles. The van der Waals surface area contributed by atoms with Crippen LogP contribution in [0.3, 0.4) is 0 Å². The van der Waals surface area contributed by atoms with E-state index in [1.165, 1.54) is 0 Å². The van der Waals surface area contributed by atoms with E-state index in [1.807, 2.05) is 36.4 Å². The fourth-order valence-corrected chi connectivity index (χ4v) is 2.07. The Hall–Kier alpha value is -2.60. The SMILES string of the molecule is COc1ccc(CNCC(=O)NCc2ccccn2)cc1OC. The highest BCUT2D eigenvalue weighted by Gasteiger charge is 2.05. The number of carbonyl (C=O) groups is 1. The average Bonchev–Trinajstić information content (AvgIpc) is 2.60. The minimum absolute atomic E-state index is 0.0730. The molecule has 1 amide bonds. The van der Waals surface area contributed by atoms with E-state index in [0.717, 1.165) is 11.3 Å². The van der Waals surface area contributed by atoms with Crippen molar-refractivity contribution in [1.29, 1.82) is 0 Å². The van der Waals surface area contributed by atoms with Crippen LogP contribution >= 0.6 is 0 Å². The maximum absolute atomic E-state index is 11.8. The second-order valence-corrected chi connectivity index (χ2v) is 4.89. The average molecular weight is 315 g/mol. The van der Waals surface area contributed by atoms with Crippen LogP contribution < -0.4 is 20.1 Å². The van der Waals surface area contributed by atoms with Crippen molar-refractivity contribution in [2.45, 2.75) is 13.1 Å². The van der Waals surface area contributed by atoms with Gasteiger partial charge in [0, 0.05) is 12.7 Å². The van der Waals surface area contributed by atoms with Crippen LogP contribution in [0.1, 0.15) is 11.3 Å². The van der Waals surface area contributed by atoms with E-state index in [1.54, 1.807) is 20.4 Å². The lowest BCUT2D eigenvalue weighted by molar-refractivity contribution is -0.120. The number of benzene rings is 1. The lowest BCUT2D eigenvalue weighted by atomic mass is 10.2. The molecule has 0 spiro atoms. The summed E-state index contributed by atoms with van der Waals surface area (Å²) >= 11 is 0. The second kappa shape index (κ2) is 8.75. The Morgan fingerprint density at radius 1 is 1.09 bits per heavy atom. The Morgan fingerprint density at radius 2 is 1.91 bits per heavy atom. The molecule has 1 heterocycles. The number of rotatable bonds is 8. The first-order chi connectivity index (χ1) is 11.2. The minimum atomic E-state index is -0.0730. The molecule has 0 atom stereocenters. The lowest BCUT2D eigenvalue weighted by Gasteiger charge is -2.10. The van der Waals surface area contributed by atoms with Crippen molar-refractivity contribution in [1.82, 2.24) is 15.6 Å². The molecule has 0 fully saturated rings. The summed E-state index contributed by atoms with van der Waals surface area (Å²) < 4.78 is 10.4. The van der Waals surface area contributed by atoms with Gasteiger partial charge in [0.2, 0.25) is 5.91 Å². The van der Waals surface area contributed by atoms with Gasteiger partial charge in [0.1, 0.15) is 0 Å². The van der Waals surface area contributed by atoms with Crippen LogP contribution in [0.25, 0.3) is 0 Å². The molecular weight excluding hydrogens is 294 g/mol. The summed E-state index contributed by atoms with van der Waals surface area (Å²) in [5.41, 5.74) is 1.85. The fraction of sp³-hybridized carbons (Fsp3) is 0.294. The van der Waals surface area contributed by atoms with Crippen LogP contribution in [0.5, 0.6) is 11.5 Å². The van der Waals surface area contributed by atoms with Gasteiger partial charge in [-0.3, -0.25) is 9.78 Å². The number of nitrogens with one attached hydrogen (secondary N) is 2. The molecule has 0 unspecified atom stereocenters. The number of hydrogen-bond donors (Lipinski definition) is 2. The molecule has 23 heavy (non-hydrogen) atoms. The van der Waals surface area contributed by atoms with E-state index < -0.39 is 0 Å². The van der Waals surface area contributed by atoms with Crippen molar-refractivity contribution in [3.63, 3.8) is 0 Å². The van der Waals surface area contributed by atoms with Gasteiger partial charge >= 0.3 is 0 Å². The molecular formula is C17H21N3O3. The van der Waals surface area contributed by atoms with Gasteiger partial charge in [0.15, 0.2) is 11.5 Å². The van der Waals surface area contributed by atoms with E-state index in [2.05, 4.69) is 15.6 Å². The van der Waals surface area contributed by atoms with Gasteiger partial charge in [-0.1, -0.05) is 12.1 Å². The number of methoxy groups -OCH3 is 2. The molecule has 1 aromatic heterocycles. The highest BCUT2D eigenvalue weighted by molar-refractivity contribution is 5.77. The molecule has 2 N–H and O–H groups in total. The summed E-state index contributed by atoms with van der Waals surface area (Å²) in [7, 11) is 3.20. The third-order valence-electron chi connectivity index (χ3n) is 3.26. The summed E-state index contributed by atoms with van der Waals surface area (Å²) in [4.78, 5) is 15.9. The molecule has 1 aromatic carbocycles. The van der Waals surface area contributed by atoms with Crippen LogP contribution in [0, 0.1) is 0 Å². The summed E-state index contributed by atoms with van der Waals surface area (Å²) in [6, 6.07) is 11.3. The monoisotopic (exact) mass is 315 g/mol. The van der Waals surface area contributed by atoms with E-state index in [-0.39, 0.29) is 12.5 Å². The van der Waals surface area contributed by atoms with Crippen LogP contribution in [0.2, 0.25) is 0 Å². The molecule has 0 aliphatic rings. The fourth-order valence-electron chi connectivity index (χ4n) is 2.07. The number of carbonyl (C=O) groups excluding carboxylic acids is 1. The van der Waals surface area contributed by atoms with Crippen LogP contribution in [-0.2, 0) is 17.9 Å². The zero-order chi connectivity index (χ0) is 16.5. The van der Waals surface area contributed by atoms with Gasteiger partial charge in [0.05, 0.1) is 33.0 Å². The Labute approximate surface area is 135 Å². The van der Waals surface area contributed by atoms with Gasteiger partial charge in [-0.15, -0.1) is 0 Å². The largest absolute Gasteiger partial charge is 0.493 e. The molecule has 0 saturated heterocycles. The number of pyridine rings is 1. The number of aromatic nitrogens is 1. The summed E-state index contributed by atoms with van der Waals surface area (Å²) in [6.07, 6.45) is 1.71. The quantitative estimate of drug-likeness (QED) is 0.772. The number of hydrogen-bond acceptors (Lipinski definition) is 5. The third-order valence-corrected chi connectivity index (χ3v) is 3.26. The van der Waals surface area contributed by atoms with Gasteiger partial charge in [-0.25, -0.2) is 0 Å². The summed E-state index contributed by atoms with van der Waals surface area (Å²) in [5, 5.41) is 5.92. The molecule has 0 bridgehead atoms. The predicted octanol–water partition coefficient (Wildman–Crippen LogP) is 1.50. The van der Waals surface area contributed by atoms with Gasteiger partial charge < -0.3 is 20.1 Å². The molecule has 122 valence electrons. The Kier molecular flexibility index (Phi) is 6.38. The summed E-state index contributed by atoms with van der Waals surface area (Å²) in [5.74, 6) is 1.28. The first-order valence-corrected chi connectivity index (χ1v) is 7.31. The molecule has 0 aliphatic carbocycles. The van der Waals surface area contributed by atoms with E-state index in [4.69, 9.17) is 9.47 Å². The van der Waals surface area contributed by atoms with Crippen molar-refractivity contribution in [3.05, 3.63) is 53.9 Å². The molecule has 0 aliphatic heterocycles. The molecule has 2 rings (SSSR count). The Bertz CT molecular complexity index is 632. The van der Waals surface area contributed by atoms with Crippen LogP contribution in [0.4, 0.5) is 0 Å². The normalized spacial score (nSPS) is 10.2.